The van der Waals surface area contributed by atoms with E-state index in [0.29, 0.717) is 34.4 Å². The molecule has 5 nitrogen and oxygen atoms in total. The van der Waals surface area contributed by atoms with Crippen LogP contribution in [-0.4, -0.2) is 17.5 Å². The summed E-state index contributed by atoms with van der Waals surface area (Å²) in [6, 6.07) is 8.14. The van der Waals surface area contributed by atoms with Gasteiger partial charge >= 0.3 is 0 Å². The summed E-state index contributed by atoms with van der Waals surface area (Å²) in [7, 11) is 0. The third kappa shape index (κ3) is 3.19. The van der Waals surface area contributed by atoms with Gasteiger partial charge in [-0.2, -0.15) is 0 Å². The molecule has 0 atom stereocenters. The molecule has 0 saturated carbocycles. The van der Waals surface area contributed by atoms with Crippen molar-refractivity contribution in [3.8, 4) is 5.88 Å². The summed E-state index contributed by atoms with van der Waals surface area (Å²) in [5, 5.41) is 3.07. The molecule has 0 fully saturated rings. The highest BCUT2D eigenvalue weighted by atomic mass is 35.5. The van der Waals surface area contributed by atoms with Gasteiger partial charge in [-0.1, -0.05) is 11.6 Å². The van der Waals surface area contributed by atoms with Crippen LogP contribution in [0.2, 0.25) is 5.02 Å². The van der Waals surface area contributed by atoms with Crippen LogP contribution in [0.15, 0.2) is 36.5 Å². The van der Waals surface area contributed by atoms with Crippen molar-refractivity contribution < 1.29 is 9.53 Å². The van der Waals surface area contributed by atoms with E-state index >= 15 is 0 Å². The topological polar surface area (TPSA) is 77.2 Å². The quantitative estimate of drug-likeness (QED) is 0.849. The van der Waals surface area contributed by atoms with Gasteiger partial charge in [-0.05, 0) is 37.3 Å². The van der Waals surface area contributed by atoms with E-state index in [9.17, 15) is 4.79 Å². The molecule has 0 unspecified atom stereocenters. The largest absolute Gasteiger partial charge is 0.476 e. The average Bonchev–Trinajstić information content (AvgIpc) is 2.44. The maximum atomic E-state index is 12.1. The zero-order valence-electron chi connectivity index (χ0n) is 10.9. The van der Waals surface area contributed by atoms with Crippen LogP contribution >= 0.6 is 11.6 Å². The Kier molecular flexibility index (Phi) is 4.42. The molecule has 2 rings (SSSR count). The average molecular weight is 292 g/mol. The first-order valence-corrected chi connectivity index (χ1v) is 6.43. The second-order valence-electron chi connectivity index (χ2n) is 3.98. The van der Waals surface area contributed by atoms with Gasteiger partial charge in [0.2, 0.25) is 5.88 Å². The van der Waals surface area contributed by atoms with E-state index < -0.39 is 0 Å². The molecule has 0 bridgehead atoms. The minimum Gasteiger partial charge on any atom is -0.476 e. The molecule has 0 aliphatic heterocycles. The van der Waals surface area contributed by atoms with Crippen LogP contribution in [0, 0.1) is 0 Å². The van der Waals surface area contributed by atoms with Crippen molar-refractivity contribution in [3.63, 3.8) is 0 Å². The Morgan fingerprint density at radius 1 is 1.45 bits per heavy atom. The number of benzene rings is 1. The zero-order valence-corrected chi connectivity index (χ0v) is 11.6. The number of aromatic nitrogens is 1. The number of halogens is 1. The molecular weight excluding hydrogens is 278 g/mol. The number of hydrogen-bond acceptors (Lipinski definition) is 4. The highest BCUT2D eigenvalue weighted by Gasteiger charge is 2.11. The summed E-state index contributed by atoms with van der Waals surface area (Å²) in [4.78, 5) is 16.2. The van der Waals surface area contributed by atoms with Crippen LogP contribution < -0.4 is 15.8 Å². The van der Waals surface area contributed by atoms with Crippen molar-refractivity contribution in [1.82, 2.24) is 4.98 Å². The molecule has 1 aromatic carbocycles. The van der Waals surface area contributed by atoms with Crippen molar-refractivity contribution in [2.75, 3.05) is 17.7 Å². The molecule has 6 heteroatoms. The fraction of sp³-hybridized carbons (Fsp3) is 0.143. The lowest BCUT2D eigenvalue weighted by Crippen LogP contribution is -2.13. The number of hydrogen-bond donors (Lipinski definition) is 2. The minimum atomic E-state index is -0.305. The van der Waals surface area contributed by atoms with Gasteiger partial charge in [0.15, 0.2) is 0 Å². The predicted octanol–water partition coefficient (Wildman–Crippen LogP) is 2.97. The number of carbonyl (C=O) groups is 1. The number of pyridine rings is 1. The van der Waals surface area contributed by atoms with Crippen LogP contribution in [0.3, 0.4) is 0 Å². The third-order valence-corrected chi connectivity index (χ3v) is 2.89. The van der Waals surface area contributed by atoms with Gasteiger partial charge in [0.1, 0.15) is 5.69 Å². The van der Waals surface area contributed by atoms with Crippen molar-refractivity contribution in [3.05, 3.63) is 47.1 Å². The summed E-state index contributed by atoms with van der Waals surface area (Å²) in [5.74, 6) is 0.0748. The number of carbonyl (C=O) groups excluding carboxylic acids is 1. The summed E-state index contributed by atoms with van der Waals surface area (Å²) < 4.78 is 5.34. The molecule has 0 spiro atoms. The Balaban J connectivity index is 2.21. The number of nitrogen functional groups attached to an aromatic ring is 1. The second-order valence-corrected chi connectivity index (χ2v) is 4.39. The summed E-state index contributed by atoms with van der Waals surface area (Å²) >= 11 is 5.90. The number of amides is 1. The van der Waals surface area contributed by atoms with Crippen molar-refractivity contribution in [2.24, 2.45) is 0 Å². The molecular formula is C14H14ClN3O2. The first-order chi connectivity index (χ1) is 9.61. The lowest BCUT2D eigenvalue weighted by atomic mass is 10.2. The molecule has 0 aliphatic rings. The van der Waals surface area contributed by atoms with Gasteiger partial charge in [0.25, 0.3) is 5.91 Å². The van der Waals surface area contributed by atoms with Crippen molar-refractivity contribution in [2.45, 2.75) is 6.92 Å². The van der Waals surface area contributed by atoms with E-state index in [-0.39, 0.29) is 5.91 Å². The number of rotatable bonds is 4. The van der Waals surface area contributed by atoms with E-state index in [1.54, 1.807) is 30.5 Å². The Labute approximate surface area is 121 Å². The van der Waals surface area contributed by atoms with Gasteiger partial charge in [-0.3, -0.25) is 4.79 Å². The van der Waals surface area contributed by atoms with Crippen LogP contribution in [0.5, 0.6) is 5.88 Å². The molecule has 0 radical (unpaired) electrons. The predicted molar refractivity (Wildman–Crippen MR) is 79.2 cm³/mol. The normalized spacial score (nSPS) is 10.1. The van der Waals surface area contributed by atoms with Crippen LogP contribution in [0.25, 0.3) is 0 Å². The molecule has 1 aromatic heterocycles. The van der Waals surface area contributed by atoms with Gasteiger partial charge in [0, 0.05) is 11.8 Å². The molecule has 2 aromatic rings. The first kappa shape index (κ1) is 14.1. The first-order valence-electron chi connectivity index (χ1n) is 6.06. The molecule has 0 aliphatic carbocycles. The molecule has 20 heavy (non-hydrogen) atoms. The van der Waals surface area contributed by atoms with Crippen LogP contribution in [-0.2, 0) is 0 Å². The maximum absolute atomic E-state index is 12.1. The SMILES string of the molecule is CCOc1ncccc1NC(=O)c1ccc(N)c(Cl)c1. The second kappa shape index (κ2) is 6.25. The Bertz CT molecular complexity index is 632. The number of nitrogens with one attached hydrogen (secondary N) is 1. The van der Waals surface area contributed by atoms with Crippen molar-refractivity contribution >= 4 is 28.9 Å². The fourth-order valence-corrected chi connectivity index (χ4v) is 1.78. The smallest absolute Gasteiger partial charge is 0.255 e. The molecule has 3 N–H and O–H groups in total. The Morgan fingerprint density at radius 2 is 2.25 bits per heavy atom. The van der Waals surface area contributed by atoms with E-state index in [1.807, 2.05) is 6.92 Å². The molecule has 1 amide bonds. The summed E-state index contributed by atoms with van der Waals surface area (Å²) in [5.41, 5.74) is 6.96. The van der Waals surface area contributed by atoms with E-state index in [4.69, 9.17) is 22.1 Å². The number of nitrogens with zero attached hydrogens (tertiary/aromatic N) is 1. The van der Waals surface area contributed by atoms with E-state index in [0.717, 1.165) is 0 Å². The summed E-state index contributed by atoms with van der Waals surface area (Å²) in [6.07, 6.45) is 1.60. The van der Waals surface area contributed by atoms with Gasteiger partial charge in [-0.15, -0.1) is 0 Å². The molecule has 1 heterocycles. The number of ether oxygens (including phenoxy) is 1. The molecule has 0 saturated heterocycles. The summed E-state index contributed by atoms with van der Waals surface area (Å²) in [6.45, 7) is 2.31. The Morgan fingerprint density at radius 3 is 2.95 bits per heavy atom. The lowest BCUT2D eigenvalue weighted by molar-refractivity contribution is 0.102. The van der Waals surface area contributed by atoms with Crippen LogP contribution in [0.1, 0.15) is 17.3 Å². The number of anilines is 2. The van der Waals surface area contributed by atoms with E-state index in [2.05, 4.69) is 10.3 Å². The standard InChI is InChI=1S/C14H14ClN3O2/c1-2-20-14-12(4-3-7-17-14)18-13(19)9-5-6-11(16)10(15)8-9/h3-8H,2,16H2,1H3,(H,18,19). The minimum absolute atomic E-state index is 0.305. The van der Waals surface area contributed by atoms with Crippen molar-refractivity contribution in [1.29, 1.82) is 0 Å². The van der Waals surface area contributed by atoms with Gasteiger partial charge < -0.3 is 15.8 Å². The maximum Gasteiger partial charge on any atom is 0.255 e. The monoisotopic (exact) mass is 291 g/mol. The zero-order chi connectivity index (χ0) is 14.5. The van der Waals surface area contributed by atoms with Gasteiger partial charge in [-0.25, -0.2) is 4.98 Å². The molecule has 104 valence electrons. The number of nitrogens with two attached hydrogens (primary N) is 1. The highest BCUT2D eigenvalue weighted by molar-refractivity contribution is 6.33. The van der Waals surface area contributed by atoms with E-state index in [1.165, 1.54) is 6.07 Å². The third-order valence-electron chi connectivity index (χ3n) is 2.56. The van der Waals surface area contributed by atoms with Gasteiger partial charge in [0.05, 0.1) is 17.3 Å². The Hall–Kier alpha value is -2.27. The van der Waals surface area contributed by atoms with Crippen LogP contribution in [0.4, 0.5) is 11.4 Å². The fourth-order valence-electron chi connectivity index (χ4n) is 1.60. The lowest BCUT2D eigenvalue weighted by Gasteiger charge is -2.10. The highest BCUT2D eigenvalue weighted by Crippen LogP contribution is 2.23.